The fraction of sp³-hybridized carbons (Fsp3) is 0.455. The molecule has 9 nitrogen and oxygen atoms in total. The number of nitrogens with zero attached hydrogens (tertiary/aromatic N) is 7. The Morgan fingerprint density at radius 2 is 1.93 bits per heavy atom. The Labute approximate surface area is 252 Å². The predicted molar refractivity (Wildman–Crippen MR) is 166 cm³/mol. The van der Waals surface area contributed by atoms with Gasteiger partial charge in [-0.05, 0) is 56.8 Å². The van der Waals surface area contributed by atoms with Gasteiger partial charge in [0, 0.05) is 48.9 Å². The molecule has 6 rings (SSSR count). The van der Waals surface area contributed by atoms with Crippen molar-refractivity contribution in [1.82, 2.24) is 19.8 Å². The molecular weight excluding hydrogens is 545 g/mol. The van der Waals surface area contributed by atoms with Crippen molar-refractivity contribution in [1.29, 1.82) is 0 Å². The second kappa shape index (κ2) is 12.2. The summed E-state index contributed by atoms with van der Waals surface area (Å²) in [7, 11) is 2.12. The lowest BCUT2D eigenvalue weighted by molar-refractivity contribution is -0.131. The molecule has 0 radical (unpaired) electrons. The van der Waals surface area contributed by atoms with E-state index in [9.17, 15) is 9.18 Å². The lowest BCUT2D eigenvalue weighted by Crippen LogP contribution is -2.57. The molecule has 0 N–H and O–H groups in total. The summed E-state index contributed by atoms with van der Waals surface area (Å²) in [4.78, 5) is 34.2. The Bertz CT molecular complexity index is 1580. The van der Waals surface area contributed by atoms with E-state index in [0.29, 0.717) is 38.3 Å². The Morgan fingerprint density at radius 1 is 1.12 bits per heavy atom. The number of amides is 1. The van der Waals surface area contributed by atoms with Gasteiger partial charge >= 0.3 is 6.01 Å². The molecule has 0 spiro atoms. The third kappa shape index (κ3) is 5.74. The molecule has 43 heavy (non-hydrogen) atoms. The average Bonchev–Trinajstić information content (AvgIpc) is 3.43. The van der Waals surface area contributed by atoms with E-state index < -0.39 is 17.8 Å². The molecule has 2 saturated heterocycles. The van der Waals surface area contributed by atoms with Gasteiger partial charge in [0.1, 0.15) is 18.5 Å². The number of ether oxygens (including phenoxy) is 1. The third-order valence-electron chi connectivity index (χ3n) is 9.11. The number of piperazine rings is 1. The van der Waals surface area contributed by atoms with Crippen LogP contribution in [0.3, 0.4) is 0 Å². The summed E-state index contributed by atoms with van der Waals surface area (Å²) < 4.78 is 20.1. The summed E-state index contributed by atoms with van der Waals surface area (Å²) in [6.45, 7) is 17.0. The number of benzene rings is 2. The smallest absolute Gasteiger partial charge is 0.318 e. The van der Waals surface area contributed by atoms with Crippen LogP contribution in [0.25, 0.3) is 15.6 Å². The Hall–Kier alpha value is -4.23. The van der Waals surface area contributed by atoms with E-state index in [1.165, 1.54) is 26.9 Å². The van der Waals surface area contributed by atoms with Crippen LogP contribution in [-0.4, -0.2) is 90.7 Å². The lowest BCUT2D eigenvalue weighted by atomic mass is 9.99. The summed E-state index contributed by atoms with van der Waals surface area (Å²) in [5, 5.41) is 2.46. The minimum atomic E-state index is -1.00. The van der Waals surface area contributed by atoms with Gasteiger partial charge in [0.05, 0.1) is 12.2 Å². The summed E-state index contributed by atoms with van der Waals surface area (Å²) in [6.07, 6.45) is 2.97. The highest BCUT2D eigenvalue weighted by molar-refractivity contribution is 5.97. The summed E-state index contributed by atoms with van der Waals surface area (Å²) in [6, 6.07) is 13.0. The molecule has 0 saturated carbocycles. The van der Waals surface area contributed by atoms with Gasteiger partial charge in [0.2, 0.25) is 6.54 Å². The van der Waals surface area contributed by atoms with Crippen LogP contribution in [0.4, 0.5) is 15.9 Å². The van der Waals surface area contributed by atoms with Crippen LogP contribution in [0.2, 0.25) is 0 Å². The van der Waals surface area contributed by atoms with E-state index in [4.69, 9.17) is 21.3 Å². The standard InChI is InChI=1S/C33H38FN7O2/c1-22-8-5-9-24-10-6-12-29(30(22)24)39-15-13-27-28(20-39)36-33(43-21-25-11-7-14-38(25)4)37-31(27)40-16-17-41(32(42)23(2)34)26(19-40)18-35-3/h5-6,8-10,12,25-26H,2,7,11,13-21H2,1,4H3/t25-,26+/m1/s1. The van der Waals surface area contributed by atoms with Gasteiger partial charge in [-0.25, -0.2) is 11.0 Å². The van der Waals surface area contributed by atoms with Crippen molar-refractivity contribution in [2.24, 2.45) is 0 Å². The van der Waals surface area contributed by atoms with Gasteiger partial charge in [0.25, 0.3) is 5.91 Å². The average molecular weight is 584 g/mol. The zero-order valence-electron chi connectivity index (χ0n) is 24.9. The van der Waals surface area contributed by atoms with Gasteiger partial charge in [-0.15, -0.1) is 0 Å². The number of aromatic nitrogens is 2. The summed E-state index contributed by atoms with van der Waals surface area (Å²) >= 11 is 0. The Kier molecular flexibility index (Phi) is 8.17. The number of rotatable bonds is 7. The highest BCUT2D eigenvalue weighted by atomic mass is 19.1. The molecule has 0 unspecified atom stereocenters. The molecule has 0 bridgehead atoms. The fourth-order valence-electron chi connectivity index (χ4n) is 6.78. The molecule has 2 aromatic carbocycles. The Balaban J connectivity index is 1.34. The molecule has 1 amide bonds. The second-order valence-electron chi connectivity index (χ2n) is 11.8. The number of aryl methyl sites for hydroxylation is 1. The van der Waals surface area contributed by atoms with Crippen molar-refractivity contribution in [2.45, 2.75) is 44.8 Å². The molecule has 224 valence electrons. The molecule has 1 aromatic heterocycles. The van der Waals surface area contributed by atoms with Crippen LogP contribution in [0, 0.1) is 13.5 Å². The quantitative estimate of drug-likeness (QED) is 0.302. The first-order valence-electron chi connectivity index (χ1n) is 15.0. The lowest BCUT2D eigenvalue weighted by Gasteiger charge is -2.41. The largest absolute Gasteiger partial charge is 0.462 e. The Morgan fingerprint density at radius 3 is 2.67 bits per heavy atom. The fourth-order valence-corrected chi connectivity index (χ4v) is 6.78. The molecular formula is C33H38FN7O2. The van der Waals surface area contributed by atoms with E-state index in [1.54, 1.807) is 0 Å². The number of anilines is 2. The van der Waals surface area contributed by atoms with E-state index in [2.05, 4.69) is 76.5 Å². The molecule has 2 atom stereocenters. The van der Waals surface area contributed by atoms with Gasteiger partial charge in [-0.2, -0.15) is 9.97 Å². The van der Waals surface area contributed by atoms with Crippen LogP contribution < -0.4 is 14.5 Å². The van der Waals surface area contributed by atoms with Crippen molar-refractivity contribution in [3.63, 3.8) is 0 Å². The third-order valence-corrected chi connectivity index (χ3v) is 9.11. The topological polar surface area (TPSA) is 69.4 Å². The van der Waals surface area contributed by atoms with Gasteiger partial charge in [0.15, 0.2) is 5.83 Å². The zero-order valence-corrected chi connectivity index (χ0v) is 24.9. The summed E-state index contributed by atoms with van der Waals surface area (Å²) in [5.41, 5.74) is 4.41. The minimum Gasteiger partial charge on any atom is -0.462 e. The number of hydrogen-bond acceptors (Lipinski definition) is 7. The van der Waals surface area contributed by atoms with Crippen molar-refractivity contribution < 1.29 is 13.9 Å². The maximum Gasteiger partial charge on any atom is 0.318 e. The van der Waals surface area contributed by atoms with E-state index in [-0.39, 0.29) is 13.1 Å². The van der Waals surface area contributed by atoms with Gasteiger partial charge < -0.3 is 29.2 Å². The zero-order chi connectivity index (χ0) is 30.1. The van der Waals surface area contributed by atoms with Crippen LogP contribution in [0.5, 0.6) is 6.01 Å². The number of likely N-dealkylation sites (N-methyl/N-ethyl adjacent to an activating group) is 1. The molecule has 4 heterocycles. The van der Waals surface area contributed by atoms with E-state index >= 15 is 0 Å². The van der Waals surface area contributed by atoms with Crippen LogP contribution >= 0.6 is 0 Å². The summed E-state index contributed by atoms with van der Waals surface area (Å²) in [5.74, 6) is -0.961. The number of carbonyl (C=O) groups is 1. The highest BCUT2D eigenvalue weighted by Gasteiger charge is 2.36. The predicted octanol–water partition coefficient (Wildman–Crippen LogP) is 4.39. The first-order valence-corrected chi connectivity index (χ1v) is 15.0. The monoisotopic (exact) mass is 583 g/mol. The number of hydrogen-bond donors (Lipinski definition) is 0. The molecule has 3 aliphatic heterocycles. The highest BCUT2D eigenvalue weighted by Crippen LogP contribution is 2.36. The van der Waals surface area contributed by atoms with Crippen molar-refractivity contribution in [3.05, 3.63) is 77.0 Å². The van der Waals surface area contributed by atoms with E-state index in [0.717, 1.165) is 49.4 Å². The minimum absolute atomic E-state index is 0.0778. The molecule has 3 aliphatic rings. The number of fused-ring (bicyclic) bond motifs is 2. The second-order valence-corrected chi connectivity index (χ2v) is 11.8. The first kappa shape index (κ1) is 28.9. The first-order chi connectivity index (χ1) is 20.8. The van der Waals surface area contributed by atoms with Crippen molar-refractivity contribution in [2.75, 3.05) is 62.7 Å². The number of halogens is 1. The number of likely N-dealkylation sites (tertiary alicyclic amines) is 1. The SMILES string of the molecule is [C-]#[N+]C[C@H]1CN(c2nc(OC[C@H]3CCCN3C)nc3c2CCN(c2cccc4cccc(C)c24)C3)CCN1C(=O)C(=C)F. The number of carbonyl (C=O) groups excluding carboxylic acids is 1. The van der Waals surface area contributed by atoms with Crippen LogP contribution in [-0.2, 0) is 17.8 Å². The molecule has 0 aliphatic carbocycles. The van der Waals surface area contributed by atoms with Crippen molar-refractivity contribution in [3.8, 4) is 6.01 Å². The maximum atomic E-state index is 13.8. The molecule has 2 fully saturated rings. The maximum absolute atomic E-state index is 13.8. The van der Waals surface area contributed by atoms with E-state index in [1.807, 2.05) is 0 Å². The van der Waals surface area contributed by atoms with Gasteiger partial charge in [-0.1, -0.05) is 36.9 Å². The van der Waals surface area contributed by atoms with Crippen LogP contribution in [0.1, 0.15) is 29.7 Å². The van der Waals surface area contributed by atoms with Crippen LogP contribution in [0.15, 0.2) is 48.8 Å². The van der Waals surface area contributed by atoms with Crippen molar-refractivity contribution >= 4 is 28.2 Å². The normalized spacial score (nSPS) is 20.7. The molecule has 3 aromatic rings. The molecule has 10 heteroatoms. The van der Waals surface area contributed by atoms with Gasteiger partial charge in [-0.3, -0.25) is 4.79 Å².